The largest absolute Gasteiger partial charge is 0.566 e. The molecule has 46 valence electrons. The van der Waals surface area contributed by atoms with Crippen LogP contribution in [0.4, 0.5) is 5.69 Å². The van der Waals surface area contributed by atoms with Gasteiger partial charge in [0.1, 0.15) is 5.75 Å². The first-order valence-corrected chi connectivity index (χ1v) is 2.73. The van der Waals surface area contributed by atoms with E-state index >= 15 is 0 Å². The predicted octanol–water partition coefficient (Wildman–Crippen LogP) is 0.196. The third-order valence-corrected chi connectivity index (χ3v) is 1.14. The second-order valence-electron chi connectivity index (χ2n) is 1.74. The summed E-state index contributed by atoms with van der Waals surface area (Å²) in [6.07, 6.45) is 0. The zero-order valence-electron chi connectivity index (χ0n) is 5.29. The average Bonchev–Trinajstić information content (AvgIpc) is 1.89. The van der Waals surface area contributed by atoms with Crippen molar-refractivity contribution >= 4 is 13.7 Å². The van der Waals surface area contributed by atoms with Crippen LogP contribution in [0.25, 0.3) is 0 Å². The summed E-state index contributed by atoms with van der Waals surface area (Å²) in [6.45, 7) is 0. The summed E-state index contributed by atoms with van der Waals surface area (Å²) in [5.74, 6) is 0.734. The van der Waals surface area contributed by atoms with Gasteiger partial charge in [-0.15, -0.1) is 0 Å². The first-order chi connectivity index (χ1) is 4.34. The van der Waals surface area contributed by atoms with Gasteiger partial charge >= 0.3 is 8.05 Å². The summed E-state index contributed by atoms with van der Waals surface area (Å²) in [6, 6.07) is 7.39. The van der Waals surface area contributed by atoms with E-state index in [0.29, 0.717) is 5.69 Å². The summed E-state index contributed by atoms with van der Waals surface area (Å²) in [7, 11) is 1.60. The molecule has 0 spiro atoms. The fourth-order valence-electron chi connectivity index (χ4n) is 0.666. The van der Waals surface area contributed by atoms with Gasteiger partial charge in [-0.05, 0) is 12.1 Å². The molecule has 0 saturated carbocycles. The van der Waals surface area contributed by atoms with E-state index in [4.69, 9.17) is 10.4 Å². The summed E-state index contributed by atoms with van der Waals surface area (Å²) in [4.78, 5) is 0. The molecule has 1 rings (SSSR count). The number of nitrogen functional groups attached to an aromatic ring is 1. The molecule has 0 bridgehead atoms. The van der Waals surface area contributed by atoms with Crippen LogP contribution in [-0.2, 0) is 0 Å². The second-order valence-corrected chi connectivity index (χ2v) is 1.74. The first kappa shape index (κ1) is 6.01. The van der Waals surface area contributed by atoms with Crippen molar-refractivity contribution in [2.45, 2.75) is 0 Å². The molecule has 0 heterocycles. The highest BCUT2D eigenvalue weighted by Gasteiger charge is 1.91. The third-order valence-electron chi connectivity index (χ3n) is 1.14. The molecule has 0 aromatic heterocycles. The van der Waals surface area contributed by atoms with E-state index in [-0.39, 0.29) is 0 Å². The van der Waals surface area contributed by atoms with Crippen LogP contribution >= 0.6 is 0 Å². The zero-order valence-corrected chi connectivity index (χ0v) is 5.29. The summed E-state index contributed by atoms with van der Waals surface area (Å²) in [5, 5.41) is 0. The molecular formula is C6H8BNO. The Morgan fingerprint density at radius 2 is 2.00 bits per heavy atom. The van der Waals surface area contributed by atoms with Crippen molar-refractivity contribution in [3.05, 3.63) is 24.3 Å². The minimum Gasteiger partial charge on any atom is -0.566 e. The lowest BCUT2D eigenvalue weighted by molar-refractivity contribution is 0.619. The van der Waals surface area contributed by atoms with Crippen LogP contribution in [-0.4, -0.2) is 8.05 Å². The minimum atomic E-state index is 0.681. The van der Waals surface area contributed by atoms with E-state index in [1.54, 1.807) is 14.1 Å². The highest BCUT2D eigenvalue weighted by molar-refractivity contribution is 6.00. The molecule has 0 saturated heterocycles. The highest BCUT2D eigenvalue weighted by atomic mass is 16.4. The topological polar surface area (TPSA) is 35.2 Å². The lowest BCUT2D eigenvalue weighted by atomic mass is 10.3. The van der Waals surface area contributed by atoms with Crippen molar-refractivity contribution in [3.8, 4) is 5.75 Å². The van der Waals surface area contributed by atoms with Gasteiger partial charge in [0.25, 0.3) is 0 Å². The van der Waals surface area contributed by atoms with E-state index in [2.05, 4.69) is 0 Å². The molecule has 3 heteroatoms. The number of rotatable bonds is 1. The van der Waals surface area contributed by atoms with E-state index in [0.717, 1.165) is 5.75 Å². The van der Waals surface area contributed by atoms with E-state index in [9.17, 15) is 0 Å². The van der Waals surface area contributed by atoms with E-state index in [1.807, 2.05) is 18.2 Å². The molecule has 0 radical (unpaired) electrons. The van der Waals surface area contributed by atoms with Crippen molar-refractivity contribution in [2.75, 3.05) is 5.73 Å². The lowest BCUT2D eigenvalue weighted by Crippen LogP contribution is -1.91. The maximum Gasteiger partial charge on any atom is 0.322 e. The summed E-state index contributed by atoms with van der Waals surface area (Å²) >= 11 is 0. The Morgan fingerprint density at radius 1 is 1.33 bits per heavy atom. The zero-order chi connectivity index (χ0) is 6.69. The molecule has 0 fully saturated rings. The quantitative estimate of drug-likeness (QED) is 0.425. The van der Waals surface area contributed by atoms with Crippen LogP contribution in [0.2, 0.25) is 0 Å². The van der Waals surface area contributed by atoms with Crippen LogP contribution in [0.3, 0.4) is 0 Å². The van der Waals surface area contributed by atoms with Crippen LogP contribution in [0.15, 0.2) is 24.3 Å². The Bertz CT molecular complexity index is 202. The normalized spacial score (nSPS) is 8.89. The van der Waals surface area contributed by atoms with Crippen LogP contribution in [0, 0.1) is 0 Å². The SMILES string of the molecule is BOc1ccccc1N. The fourth-order valence-corrected chi connectivity index (χ4v) is 0.666. The maximum atomic E-state index is 5.51. The molecule has 9 heavy (non-hydrogen) atoms. The van der Waals surface area contributed by atoms with Gasteiger partial charge < -0.3 is 10.4 Å². The molecule has 0 unspecified atom stereocenters. The molecule has 0 aliphatic carbocycles. The first-order valence-electron chi connectivity index (χ1n) is 2.73. The van der Waals surface area contributed by atoms with Gasteiger partial charge in [0, 0.05) is 0 Å². The van der Waals surface area contributed by atoms with Crippen molar-refractivity contribution in [2.24, 2.45) is 0 Å². The van der Waals surface area contributed by atoms with Crippen LogP contribution in [0.5, 0.6) is 5.75 Å². The molecule has 0 amide bonds. The van der Waals surface area contributed by atoms with E-state index in [1.165, 1.54) is 0 Å². The van der Waals surface area contributed by atoms with Gasteiger partial charge in [0.15, 0.2) is 0 Å². The molecule has 2 N–H and O–H groups in total. The van der Waals surface area contributed by atoms with Gasteiger partial charge in [-0.3, -0.25) is 0 Å². The molecule has 0 aliphatic rings. The van der Waals surface area contributed by atoms with Gasteiger partial charge in [0.05, 0.1) is 5.69 Å². The van der Waals surface area contributed by atoms with Crippen molar-refractivity contribution in [1.29, 1.82) is 0 Å². The Kier molecular flexibility index (Phi) is 1.63. The maximum absolute atomic E-state index is 5.51. The molecule has 0 aliphatic heterocycles. The summed E-state index contributed by atoms with van der Waals surface area (Å²) < 4.78 is 4.92. The van der Waals surface area contributed by atoms with Gasteiger partial charge in [-0.2, -0.15) is 0 Å². The summed E-state index contributed by atoms with van der Waals surface area (Å²) in [5.41, 5.74) is 6.19. The second kappa shape index (κ2) is 2.44. The monoisotopic (exact) mass is 121 g/mol. The number of nitrogens with two attached hydrogens (primary N) is 1. The number of para-hydroxylation sites is 2. The minimum absolute atomic E-state index is 0.681. The van der Waals surface area contributed by atoms with Crippen LogP contribution < -0.4 is 10.4 Å². The average molecular weight is 121 g/mol. The Labute approximate surface area is 55.1 Å². The Morgan fingerprint density at radius 3 is 2.44 bits per heavy atom. The lowest BCUT2D eigenvalue weighted by Gasteiger charge is -2.01. The molecule has 1 aromatic carbocycles. The number of hydrogen-bond donors (Lipinski definition) is 1. The standard InChI is InChI=1S/C6H8BNO/c7-9-6-4-2-1-3-5(6)8/h1-4H,7-8H2. The van der Waals surface area contributed by atoms with Crippen LogP contribution in [0.1, 0.15) is 0 Å². The number of anilines is 1. The van der Waals surface area contributed by atoms with Crippen molar-refractivity contribution in [1.82, 2.24) is 0 Å². The molecule has 0 atom stereocenters. The fraction of sp³-hybridized carbons (Fsp3) is 0. The van der Waals surface area contributed by atoms with Crippen molar-refractivity contribution in [3.63, 3.8) is 0 Å². The molecule has 2 nitrogen and oxygen atoms in total. The third kappa shape index (κ3) is 1.16. The van der Waals surface area contributed by atoms with Gasteiger partial charge in [-0.1, -0.05) is 12.1 Å². The number of benzene rings is 1. The van der Waals surface area contributed by atoms with Gasteiger partial charge in [-0.25, -0.2) is 0 Å². The number of hydrogen-bond acceptors (Lipinski definition) is 2. The molecular weight excluding hydrogens is 113 g/mol. The van der Waals surface area contributed by atoms with Gasteiger partial charge in [0.2, 0.25) is 0 Å². The highest BCUT2D eigenvalue weighted by Crippen LogP contribution is 2.17. The van der Waals surface area contributed by atoms with Crippen molar-refractivity contribution < 1.29 is 4.65 Å². The smallest absolute Gasteiger partial charge is 0.322 e. The Balaban J connectivity index is 3.01. The Hall–Kier alpha value is -1.12. The van der Waals surface area contributed by atoms with E-state index < -0.39 is 0 Å². The predicted molar refractivity (Wildman–Crippen MR) is 40.0 cm³/mol. The molecule has 1 aromatic rings.